The van der Waals surface area contributed by atoms with Crippen molar-refractivity contribution in [2.75, 3.05) is 26.1 Å². The lowest BCUT2D eigenvalue weighted by molar-refractivity contribution is -0.121. The van der Waals surface area contributed by atoms with Gasteiger partial charge in [-0.15, -0.1) is 0 Å². The topological polar surface area (TPSA) is 45.1 Å². The number of likely N-dealkylation sites (N-methyl/N-ethyl adjacent to an activating group) is 1. The van der Waals surface area contributed by atoms with Crippen molar-refractivity contribution in [2.24, 2.45) is 4.99 Å². The van der Waals surface area contributed by atoms with E-state index in [0.717, 1.165) is 31.5 Å². The van der Waals surface area contributed by atoms with Crippen LogP contribution in [-0.2, 0) is 4.79 Å². The minimum atomic E-state index is -0.0371. The van der Waals surface area contributed by atoms with Crippen LogP contribution in [0.25, 0.3) is 0 Å². The van der Waals surface area contributed by atoms with Gasteiger partial charge in [0, 0.05) is 29.5 Å². The number of fused-ring (bicyclic) bond motifs is 1. The lowest BCUT2D eigenvalue weighted by Crippen LogP contribution is -2.24. The first-order chi connectivity index (χ1) is 13.0. The minimum absolute atomic E-state index is 0.0371. The lowest BCUT2D eigenvalue weighted by atomic mass is 10.3. The van der Waals surface area contributed by atoms with E-state index in [2.05, 4.69) is 20.9 Å². The fraction of sp³-hybridized carbons (Fsp3) is 0.158. The average Bonchev–Trinajstić information content (AvgIpc) is 3.14. The van der Waals surface area contributed by atoms with Crippen LogP contribution in [0.5, 0.6) is 5.75 Å². The number of ether oxygens (including phenoxy) is 1. The Hall–Kier alpha value is -1.90. The molecule has 1 saturated heterocycles. The number of hydrogen-bond acceptors (Lipinski definition) is 6. The molecule has 27 heavy (non-hydrogen) atoms. The van der Waals surface area contributed by atoms with Crippen molar-refractivity contribution in [3.05, 3.63) is 56.9 Å². The van der Waals surface area contributed by atoms with Crippen LogP contribution < -0.4 is 9.64 Å². The normalized spacial score (nSPS) is 20.6. The number of aliphatic imine (C=N–C) groups is 1. The van der Waals surface area contributed by atoms with Crippen molar-refractivity contribution in [3.8, 4) is 5.75 Å². The van der Waals surface area contributed by atoms with E-state index in [-0.39, 0.29) is 5.91 Å². The molecule has 0 unspecified atom stereocenters. The molecule has 0 bridgehead atoms. The Labute approximate surface area is 174 Å². The highest BCUT2D eigenvalue weighted by Gasteiger charge is 2.37. The molecular weight excluding hydrogens is 446 g/mol. The maximum absolute atomic E-state index is 12.9. The van der Waals surface area contributed by atoms with Gasteiger partial charge < -0.3 is 9.64 Å². The molecule has 8 heteroatoms. The Kier molecular flexibility index (Phi) is 4.96. The van der Waals surface area contributed by atoms with E-state index in [9.17, 15) is 4.79 Å². The first-order valence-corrected chi connectivity index (χ1v) is 10.5. The highest BCUT2D eigenvalue weighted by molar-refractivity contribution is 9.10. The summed E-state index contributed by atoms with van der Waals surface area (Å²) in [6.45, 7) is 0. The highest BCUT2D eigenvalue weighted by atomic mass is 79.9. The number of carbonyl (C=O) groups excluding carboxylic acids is 1. The Balaban J connectivity index is 1.68. The van der Waals surface area contributed by atoms with Gasteiger partial charge >= 0.3 is 0 Å². The molecule has 2 aliphatic heterocycles. The van der Waals surface area contributed by atoms with E-state index in [0.29, 0.717) is 10.1 Å². The van der Waals surface area contributed by atoms with Gasteiger partial charge in [0.25, 0.3) is 5.91 Å². The number of carbonyl (C=O) groups is 1. The van der Waals surface area contributed by atoms with Crippen LogP contribution in [0.3, 0.4) is 0 Å². The predicted molar refractivity (Wildman–Crippen MR) is 116 cm³/mol. The quantitative estimate of drug-likeness (QED) is 0.584. The van der Waals surface area contributed by atoms with Crippen molar-refractivity contribution in [1.29, 1.82) is 0 Å². The summed E-state index contributed by atoms with van der Waals surface area (Å²) < 4.78 is 6.32. The summed E-state index contributed by atoms with van der Waals surface area (Å²) in [7, 11) is 5.38. The number of rotatable bonds is 2. The van der Waals surface area contributed by atoms with Crippen molar-refractivity contribution < 1.29 is 9.53 Å². The van der Waals surface area contributed by atoms with Crippen molar-refractivity contribution in [2.45, 2.75) is 4.90 Å². The van der Waals surface area contributed by atoms with Crippen LogP contribution in [0.2, 0.25) is 0 Å². The van der Waals surface area contributed by atoms with Crippen LogP contribution in [0, 0.1) is 0 Å². The summed E-state index contributed by atoms with van der Waals surface area (Å²) >= 11 is 6.43. The zero-order valence-electron chi connectivity index (χ0n) is 14.9. The number of thioether (sulfide) groups is 2. The molecule has 2 aromatic rings. The number of halogens is 1. The molecule has 0 aliphatic carbocycles. The average molecular weight is 462 g/mol. The van der Waals surface area contributed by atoms with Gasteiger partial charge in [0.2, 0.25) is 0 Å². The standard InChI is InChI=1S/C19H16BrN3O2S2/c1-22-14-10-13(25-3)8-9-15(14)26-18(22)16-17(24)23(2)19(27-16)21-12-6-4-11(20)5-7-12/h4-10H,1-3H3. The number of nitrogens with zero attached hydrogens (tertiary/aromatic N) is 3. The maximum atomic E-state index is 12.9. The Bertz CT molecular complexity index is 989. The molecule has 0 spiro atoms. The molecule has 2 heterocycles. The molecule has 1 amide bonds. The lowest BCUT2D eigenvalue weighted by Gasteiger charge is -2.15. The number of methoxy groups -OCH3 is 1. The van der Waals surface area contributed by atoms with Crippen molar-refractivity contribution in [3.63, 3.8) is 0 Å². The molecule has 1 fully saturated rings. The van der Waals surface area contributed by atoms with Gasteiger partial charge in [0.15, 0.2) is 5.17 Å². The van der Waals surface area contributed by atoms with Gasteiger partial charge in [-0.3, -0.25) is 9.69 Å². The van der Waals surface area contributed by atoms with Crippen LogP contribution in [0.4, 0.5) is 11.4 Å². The first-order valence-electron chi connectivity index (χ1n) is 8.12. The molecule has 2 aliphatic rings. The molecule has 0 N–H and O–H groups in total. The monoisotopic (exact) mass is 461 g/mol. The molecule has 0 saturated carbocycles. The van der Waals surface area contributed by atoms with Gasteiger partial charge in [0.1, 0.15) is 10.7 Å². The fourth-order valence-corrected chi connectivity index (χ4v) is 5.33. The number of hydrogen-bond donors (Lipinski definition) is 0. The predicted octanol–water partition coefficient (Wildman–Crippen LogP) is 5.06. The van der Waals surface area contributed by atoms with Crippen LogP contribution in [0.1, 0.15) is 0 Å². The SMILES string of the molecule is COc1ccc2c(c1)N(C)C(=C1SC(=Nc3ccc(Br)cc3)N(C)C1=O)S2. The first kappa shape index (κ1) is 18.5. The third-order valence-corrected chi connectivity index (χ3v) is 7.28. The second kappa shape index (κ2) is 7.26. The van der Waals surface area contributed by atoms with E-state index in [1.54, 1.807) is 30.8 Å². The second-order valence-corrected chi connectivity index (χ2v) is 8.89. The zero-order chi connectivity index (χ0) is 19.1. The van der Waals surface area contributed by atoms with Gasteiger partial charge in [0.05, 0.1) is 23.5 Å². The summed E-state index contributed by atoms with van der Waals surface area (Å²) in [5, 5.41) is 1.59. The minimum Gasteiger partial charge on any atom is -0.497 e. The van der Waals surface area contributed by atoms with Crippen LogP contribution in [0.15, 0.2) is 66.8 Å². The van der Waals surface area contributed by atoms with Gasteiger partial charge in [-0.2, -0.15) is 0 Å². The van der Waals surface area contributed by atoms with Gasteiger partial charge in [-0.25, -0.2) is 4.99 Å². The summed E-state index contributed by atoms with van der Waals surface area (Å²) in [4.78, 5) is 22.9. The van der Waals surface area contributed by atoms with Crippen LogP contribution in [-0.4, -0.2) is 37.2 Å². The molecule has 5 nitrogen and oxygen atoms in total. The number of amidine groups is 1. The van der Waals surface area contributed by atoms with Crippen LogP contribution >= 0.6 is 39.5 Å². The van der Waals surface area contributed by atoms with Crippen molar-refractivity contribution in [1.82, 2.24) is 4.90 Å². The Morgan fingerprint density at radius 3 is 2.48 bits per heavy atom. The summed E-state index contributed by atoms with van der Waals surface area (Å²) in [5.74, 6) is 0.762. The Morgan fingerprint density at radius 2 is 1.78 bits per heavy atom. The number of amides is 1. The van der Waals surface area contributed by atoms with E-state index in [1.165, 1.54) is 11.8 Å². The van der Waals surface area contributed by atoms with E-state index in [1.807, 2.05) is 54.4 Å². The smallest absolute Gasteiger partial charge is 0.269 e. The Morgan fingerprint density at radius 1 is 1.04 bits per heavy atom. The van der Waals surface area contributed by atoms with E-state index >= 15 is 0 Å². The molecular formula is C19H16BrN3O2S2. The molecule has 2 aromatic carbocycles. The van der Waals surface area contributed by atoms with Gasteiger partial charge in [-0.05, 0) is 48.2 Å². The number of benzene rings is 2. The summed E-state index contributed by atoms with van der Waals surface area (Å²) in [5.41, 5.74) is 1.85. The number of anilines is 1. The second-order valence-electron chi connectivity index (χ2n) is 5.97. The van der Waals surface area contributed by atoms with Crippen molar-refractivity contribution >= 4 is 61.9 Å². The molecule has 0 radical (unpaired) electrons. The zero-order valence-corrected chi connectivity index (χ0v) is 18.1. The van der Waals surface area contributed by atoms with E-state index in [4.69, 9.17) is 4.74 Å². The van der Waals surface area contributed by atoms with Gasteiger partial charge in [-0.1, -0.05) is 27.7 Å². The maximum Gasteiger partial charge on any atom is 0.269 e. The summed E-state index contributed by atoms with van der Waals surface area (Å²) in [6, 6.07) is 13.6. The highest BCUT2D eigenvalue weighted by Crippen LogP contribution is 2.50. The largest absolute Gasteiger partial charge is 0.497 e. The molecule has 138 valence electrons. The molecule has 4 rings (SSSR count). The summed E-state index contributed by atoms with van der Waals surface area (Å²) in [6.07, 6.45) is 0. The van der Waals surface area contributed by atoms with E-state index < -0.39 is 0 Å². The third-order valence-electron chi connectivity index (χ3n) is 4.26. The molecule has 0 atom stereocenters. The third kappa shape index (κ3) is 3.37. The molecule has 0 aromatic heterocycles. The fourth-order valence-electron chi connectivity index (χ4n) is 2.75.